The van der Waals surface area contributed by atoms with Crippen LogP contribution in [0.5, 0.6) is 5.75 Å². The first-order valence-electron chi connectivity index (χ1n) is 14.2. The maximum absolute atomic E-state index is 13.9. The normalized spacial score (nSPS) is 13.7. The molecule has 0 spiro atoms. The van der Waals surface area contributed by atoms with E-state index in [1.54, 1.807) is 54.7 Å². The number of hydrogen-bond acceptors (Lipinski definition) is 6. The number of rotatable bonds is 14. The predicted molar refractivity (Wildman–Crippen MR) is 161 cm³/mol. The number of furan rings is 1. The van der Waals surface area contributed by atoms with Gasteiger partial charge in [0.25, 0.3) is 0 Å². The van der Waals surface area contributed by atoms with E-state index in [1.165, 1.54) is 0 Å². The second kappa shape index (κ2) is 13.7. The standard InChI is InChI=1S/C33H35N3O6S/c1-41-28-16-9-25(10-17-28)23-36(32(26-6-3-2-4-7-26)33(38)34-22-29-8-5-21-42-29)31(37)20-13-24-11-18-30(19-12-24)43(39,40)35-27-14-15-27/h2-12,16-19,21,27,32,35H,13-15,20,22-23H2,1H3,(H,34,38)/t32-/m1/s1. The highest BCUT2D eigenvalue weighted by Gasteiger charge is 2.32. The molecule has 2 N–H and O–H groups in total. The van der Waals surface area contributed by atoms with Gasteiger partial charge in [0.2, 0.25) is 21.8 Å². The summed E-state index contributed by atoms with van der Waals surface area (Å²) >= 11 is 0. The maximum Gasteiger partial charge on any atom is 0.247 e. The van der Waals surface area contributed by atoms with E-state index in [4.69, 9.17) is 9.15 Å². The highest BCUT2D eigenvalue weighted by Crippen LogP contribution is 2.27. The summed E-state index contributed by atoms with van der Waals surface area (Å²) in [6.45, 7) is 0.380. The van der Waals surface area contributed by atoms with Gasteiger partial charge in [-0.05, 0) is 72.4 Å². The van der Waals surface area contributed by atoms with Gasteiger partial charge >= 0.3 is 0 Å². The minimum Gasteiger partial charge on any atom is -0.497 e. The molecule has 1 fully saturated rings. The van der Waals surface area contributed by atoms with Gasteiger partial charge in [0.1, 0.15) is 17.6 Å². The van der Waals surface area contributed by atoms with Crippen LogP contribution in [-0.2, 0) is 39.1 Å². The van der Waals surface area contributed by atoms with Crippen molar-refractivity contribution < 1.29 is 27.2 Å². The number of hydrogen-bond donors (Lipinski definition) is 2. The zero-order valence-corrected chi connectivity index (χ0v) is 24.8. The molecule has 0 radical (unpaired) electrons. The molecule has 0 bridgehead atoms. The van der Waals surface area contributed by atoms with E-state index in [2.05, 4.69) is 10.0 Å². The van der Waals surface area contributed by atoms with Gasteiger partial charge in [-0.1, -0.05) is 54.6 Å². The summed E-state index contributed by atoms with van der Waals surface area (Å²) in [5.74, 6) is 0.744. The number of nitrogens with one attached hydrogen (secondary N) is 2. The van der Waals surface area contributed by atoms with E-state index in [0.29, 0.717) is 23.5 Å². The number of carbonyl (C=O) groups excluding carboxylic acids is 2. The topological polar surface area (TPSA) is 118 Å². The number of aryl methyl sites for hydroxylation is 1. The maximum atomic E-state index is 13.9. The highest BCUT2D eigenvalue weighted by molar-refractivity contribution is 7.89. The molecular weight excluding hydrogens is 566 g/mol. The molecule has 43 heavy (non-hydrogen) atoms. The lowest BCUT2D eigenvalue weighted by atomic mass is 10.0. The van der Waals surface area contributed by atoms with Crippen molar-refractivity contribution in [3.8, 4) is 5.75 Å². The van der Waals surface area contributed by atoms with Gasteiger partial charge in [0.05, 0.1) is 24.8 Å². The lowest BCUT2D eigenvalue weighted by Crippen LogP contribution is -2.43. The Balaban J connectivity index is 1.37. The Labute approximate surface area is 251 Å². The second-order valence-corrected chi connectivity index (χ2v) is 12.2. The number of amides is 2. The molecular formula is C33H35N3O6S. The number of methoxy groups -OCH3 is 1. The average molecular weight is 602 g/mol. The SMILES string of the molecule is COc1ccc(CN(C(=O)CCc2ccc(S(=O)(=O)NC3CC3)cc2)[C@@H](C(=O)NCc2ccco2)c2ccccc2)cc1. The molecule has 2 amide bonds. The van der Waals surface area contributed by atoms with Crippen LogP contribution >= 0.6 is 0 Å². The Hall–Kier alpha value is -4.41. The first kappa shape index (κ1) is 30.1. The summed E-state index contributed by atoms with van der Waals surface area (Å²) in [4.78, 5) is 29.5. The van der Waals surface area contributed by atoms with Crippen molar-refractivity contribution in [1.29, 1.82) is 0 Å². The van der Waals surface area contributed by atoms with E-state index in [0.717, 1.165) is 24.0 Å². The van der Waals surface area contributed by atoms with E-state index in [-0.39, 0.29) is 42.3 Å². The summed E-state index contributed by atoms with van der Waals surface area (Å²) in [7, 11) is -1.97. The summed E-state index contributed by atoms with van der Waals surface area (Å²) in [6.07, 6.45) is 3.76. The molecule has 4 aromatic rings. The largest absolute Gasteiger partial charge is 0.497 e. The van der Waals surface area contributed by atoms with Crippen LogP contribution in [0.1, 0.15) is 47.8 Å². The third kappa shape index (κ3) is 8.12. The van der Waals surface area contributed by atoms with Crippen LogP contribution in [0.15, 0.2) is 107 Å². The van der Waals surface area contributed by atoms with Crippen LogP contribution < -0.4 is 14.8 Å². The van der Waals surface area contributed by atoms with Gasteiger partial charge in [-0.2, -0.15) is 0 Å². The van der Waals surface area contributed by atoms with E-state index in [1.807, 2.05) is 54.6 Å². The van der Waals surface area contributed by atoms with Crippen molar-refractivity contribution in [3.05, 3.63) is 120 Å². The van der Waals surface area contributed by atoms with Crippen molar-refractivity contribution >= 4 is 21.8 Å². The fraction of sp³-hybridized carbons (Fsp3) is 0.273. The fourth-order valence-corrected chi connectivity index (χ4v) is 6.07. The molecule has 0 saturated heterocycles. The van der Waals surface area contributed by atoms with Crippen molar-refractivity contribution in [3.63, 3.8) is 0 Å². The second-order valence-electron chi connectivity index (χ2n) is 10.5. The number of nitrogens with zero attached hydrogens (tertiary/aromatic N) is 1. The van der Waals surface area contributed by atoms with Crippen molar-refractivity contribution in [2.75, 3.05) is 7.11 Å². The van der Waals surface area contributed by atoms with Crippen LogP contribution in [0.3, 0.4) is 0 Å². The summed E-state index contributed by atoms with van der Waals surface area (Å²) in [5, 5.41) is 2.93. The predicted octanol–water partition coefficient (Wildman–Crippen LogP) is 4.75. The molecule has 5 rings (SSSR count). The van der Waals surface area contributed by atoms with E-state index in [9.17, 15) is 18.0 Å². The molecule has 1 atom stereocenters. The third-order valence-electron chi connectivity index (χ3n) is 7.28. The first-order valence-corrected chi connectivity index (χ1v) is 15.7. The Kier molecular flexibility index (Phi) is 9.58. The summed E-state index contributed by atoms with van der Waals surface area (Å²) in [6, 6.07) is 25.8. The average Bonchev–Trinajstić information content (AvgIpc) is 3.67. The van der Waals surface area contributed by atoms with Gasteiger partial charge in [0, 0.05) is 19.0 Å². The minimum atomic E-state index is -3.56. The van der Waals surface area contributed by atoms with Crippen molar-refractivity contribution in [2.45, 2.75) is 55.8 Å². The van der Waals surface area contributed by atoms with Gasteiger partial charge in [-0.15, -0.1) is 0 Å². The van der Waals surface area contributed by atoms with Gasteiger partial charge < -0.3 is 19.4 Å². The minimum absolute atomic E-state index is 0.0211. The summed E-state index contributed by atoms with van der Waals surface area (Å²) < 4.78 is 38.4. The molecule has 1 heterocycles. The summed E-state index contributed by atoms with van der Waals surface area (Å²) in [5.41, 5.74) is 2.34. The van der Waals surface area contributed by atoms with Crippen LogP contribution in [0.2, 0.25) is 0 Å². The van der Waals surface area contributed by atoms with Crippen molar-refractivity contribution in [2.24, 2.45) is 0 Å². The van der Waals surface area contributed by atoms with Crippen LogP contribution in [0.25, 0.3) is 0 Å². The van der Waals surface area contributed by atoms with E-state index < -0.39 is 16.1 Å². The number of sulfonamides is 1. The smallest absolute Gasteiger partial charge is 0.247 e. The molecule has 1 aliphatic rings. The zero-order valence-electron chi connectivity index (χ0n) is 23.9. The van der Waals surface area contributed by atoms with Crippen LogP contribution in [-0.4, -0.2) is 38.3 Å². The highest BCUT2D eigenvalue weighted by atomic mass is 32.2. The molecule has 224 valence electrons. The van der Waals surface area contributed by atoms with E-state index >= 15 is 0 Å². The lowest BCUT2D eigenvalue weighted by Gasteiger charge is -2.32. The van der Waals surface area contributed by atoms with Gasteiger partial charge in [-0.25, -0.2) is 13.1 Å². The van der Waals surface area contributed by atoms with Gasteiger partial charge in [0.15, 0.2) is 0 Å². The van der Waals surface area contributed by atoms with Crippen molar-refractivity contribution in [1.82, 2.24) is 14.9 Å². The quantitative estimate of drug-likeness (QED) is 0.216. The Morgan fingerprint density at radius 1 is 0.930 bits per heavy atom. The Bertz CT molecular complexity index is 1600. The van der Waals surface area contributed by atoms with Crippen LogP contribution in [0.4, 0.5) is 0 Å². The first-order chi connectivity index (χ1) is 20.8. The zero-order chi connectivity index (χ0) is 30.2. The molecule has 0 unspecified atom stereocenters. The third-order valence-corrected chi connectivity index (χ3v) is 8.82. The molecule has 1 aliphatic carbocycles. The molecule has 1 aromatic heterocycles. The molecule has 9 nitrogen and oxygen atoms in total. The molecule has 1 saturated carbocycles. The number of ether oxygens (including phenoxy) is 1. The number of carbonyl (C=O) groups is 2. The monoisotopic (exact) mass is 601 g/mol. The fourth-order valence-electron chi connectivity index (χ4n) is 4.76. The molecule has 0 aliphatic heterocycles. The number of benzene rings is 3. The lowest BCUT2D eigenvalue weighted by molar-refractivity contribution is -0.141. The Morgan fingerprint density at radius 2 is 1.63 bits per heavy atom. The van der Waals surface area contributed by atoms with Gasteiger partial charge in [-0.3, -0.25) is 9.59 Å². The van der Waals surface area contributed by atoms with Crippen LogP contribution in [0, 0.1) is 0 Å². The molecule has 10 heteroatoms. The Morgan fingerprint density at radius 3 is 2.26 bits per heavy atom. The molecule has 3 aromatic carbocycles.